The molecule has 3 aromatic carbocycles. The highest BCUT2D eigenvalue weighted by Gasteiger charge is 2.31. The SMILES string of the molecule is O=C(OCc1ccc(F)cc1)[C@@H](Cc1c[nH]c2ccccc12)Nc1ccc(S(=O)(=O)N2CCOCC2)cc1[N+](=O)[O-]. The first-order valence-electron chi connectivity index (χ1n) is 12.8. The van der Waals surface area contributed by atoms with Gasteiger partial charge < -0.3 is 19.8 Å². The number of para-hydroxylation sites is 1. The Labute approximate surface area is 235 Å². The number of nitrogens with one attached hydrogen (secondary N) is 2. The highest BCUT2D eigenvalue weighted by atomic mass is 32.2. The number of rotatable bonds is 10. The Bertz CT molecular complexity index is 1670. The van der Waals surface area contributed by atoms with Gasteiger partial charge in [-0.05, 0) is 41.5 Å². The summed E-state index contributed by atoms with van der Waals surface area (Å²) in [4.78, 5) is 27.6. The molecule has 1 atom stereocenters. The first-order valence-corrected chi connectivity index (χ1v) is 14.3. The summed E-state index contributed by atoms with van der Waals surface area (Å²) in [6.07, 6.45) is 1.86. The van der Waals surface area contributed by atoms with E-state index >= 15 is 0 Å². The minimum absolute atomic E-state index is 0.0421. The molecule has 13 heteroatoms. The molecular formula is C28H27FN4O7S. The maximum atomic E-state index is 13.3. The Morgan fingerprint density at radius 1 is 1.12 bits per heavy atom. The predicted octanol–water partition coefficient (Wildman–Crippen LogP) is 4.00. The number of hydrogen-bond donors (Lipinski definition) is 2. The van der Waals surface area contributed by atoms with Crippen LogP contribution in [0.25, 0.3) is 10.9 Å². The minimum atomic E-state index is -3.99. The van der Waals surface area contributed by atoms with Crippen molar-refractivity contribution in [2.75, 3.05) is 31.6 Å². The van der Waals surface area contributed by atoms with Crippen LogP contribution < -0.4 is 5.32 Å². The fraction of sp³-hybridized carbons (Fsp3) is 0.250. The van der Waals surface area contributed by atoms with Crippen LogP contribution in [0.4, 0.5) is 15.8 Å². The van der Waals surface area contributed by atoms with Gasteiger partial charge in [0, 0.05) is 42.7 Å². The number of carbonyl (C=O) groups excluding carboxylic acids is 1. The van der Waals surface area contributed by atoms with Gasteiger partial charge in [-0.1, -0.05) is 30.3 Å². The molecule has 0 bridgehead atoms. The average Bonchev–Trinajstić information content (AvgIpc) is 3.39. The summed E-state index contributed by atoms with van der Waals surface area (Å²) in [5, 5.41) is 15.8. The summed E-state index contributed by atoms with van der Waals surface area (Å²) in [6.45, 7) is 0.614. The molecule has 0 amide bonds. The highest BCUT2D eigenvalue weighted by molar-refractivity contribution is 7.89. The second kappa shape index (κ2) is 12.0. The quantitative estimate of drug-likeness (QED) is 0.162. The summed E-state index contributed by atoms with van der Waals surface area (Å²) < 4.78 is 51.4. The topological polar surface area (TPSA) is 144 Å². The number of nitro benzene ring substituents is 1. The third kappa shape index (κ3) is 6.37. The molecule has 1 aliphatic heterocycles. The molecule has 1 aromatic heterocycles. The smallest absolute Gasteiger partial charge is 0.329 e. The minimum Gasteiger partial charge on any atom is -0.459 e. The van der Waals surface area contributed by atoms with Crippen LogP contribution in [0.1, 0.15) is 11.1 Å². The number of sulfonamides is 1. The van der Waals surface area contributed by atoms with Gasteiger partial charge in [0.15, 0.2) is 0 Å². The van der Waals surface area contributed by atoms with E-state index in [0.29, 0.717) is 5.56 Å². The van der Waals surface area contributed by atoms with Crippen molar-refractivity contribution in [3.63, 3.8) is 0 Å². The average molecular weight is 583 g/mol. The number of H-pyrrole nitrogens is 1. The van der Waals surface area contributed by atoms with Crippen molar-refractivity contribution in [2.24, 2.45) is 0 Å². The van der Waals surface area contributed by atoms with E-state index in [1.54, 1.807) is 6.20 Å². The van der Waals surface area contributed by atoms with E-state index in [9.17, 15) is 27.7 Å². The molecular weight excluding hydrogens is 555 g/mol. The summed E-state index contributed by atoms with van der Waals surface area (Å²) in [7, 11) is -3.99. The maximum Gasteiger partial charge on any atom is 0.329 e. The fourth-order valence-electron chi connectivity index (χ4n) is 4.62. The van der Waals surface area contributed by atoms with Gasteiger partial charge >= 0.3 is 5.97 Å². The van der Waals surface area contributed by atoms with Crippen LogP contribution in [0.2, 0.25) is 0 Å². The molecule has 0 spiro atoms. The third-order valence-corrected chi connectivity index (χ3v) is 8.68. The van der Waals surface area contributed by atoms with Crippen molar-refractivity contribution in [3.05, 3.63) is 100.0 Å². The second-order valence-corrected chi connectivity index (χ2v) is 11.4. The van der Waals surface area contributed by atoms with Crippen LogP contribution in [-0.4, -0.2) is 60.9 Å². The lowest BCUT2D eigenvalue weighted by atomic mass is 10.0. The van der Waals surface area contributed by atoms with Gasteiger partial charge in [0.2, 0.25) is 10.0 Å². The molecule has 5 rings (SSSR count). The number of halogens is 1. The van der Waals surface area contributed by atoms with E-state index in [4.69, 9.17) is 9.47 Å². The summed E-state index contributed by atoms with van der Waals surface area (Å²) >= 11 is 0. The zero-order chi connectivity index (χ0) is 29.0. The van der Waals surface area contributed by atoms with Crippen molar-refractivity contribution in [3.8, 4) is 0 Å². The standard InChI is InChI=1S/C28H27FN4O7S/c29-21-7-5-19(6-8-21)18-40-28(34)26(15-20-17-30-24-4-2-1-3-23(20)24)31-25-10-9-22(16-27(25)33(35)36)41(37,38)32-11-13-39-14-12-32/h1-10,16-17,26,30-31H,11-15,18H2/t26-/m1/s1. The third-order valence-electron chi connectivity index (χ3n) is 6.78. The summed E-state index contributed by atoms with van der Waals surface area (Å²) in [6, 6.07) is 15.4. The highest BCUT2D eigenvalue weighted by Crippen LogP contribution is 2.31. The Balaban J connectivity index is 1.44. The number of fused-ring (bicyclic) bond motifs is 1. The molecule has 41 heavy (non-hydrogen) atoms. The van der Waals surface area contributed by atoms with E-state index < -0.39 is 38.5 Å². The molecule has 2 heterocycles. The number of aromatic nitrogens is 1. The Hall–Kier alpha value is -4.33. The van der Waals surface area contributed by atoms with E-state index in [0.717, 1.165) is 22.5 Å². The van der Waals surface area contributed by atoms with Crippen LogP contribution in [0, 0.1) is 15.9 Å². The van der Waals surface area contributed by atoms with Crippen molar-refractivity contribution in [1.29, 1.82) is 0 Å². The van der Waals surface area contributed by atoms with Gasteiger partial charge in [0.25, 0.3) is 5.69 Å². The lowest BCUT2D eigenvalue weighted by molar-refractivity contribution is -0.384. The van der Waals surface area contributed by atoms with Gasteiger partial charge in [-0.15, -0.1) is 0 Å². The van der Waals surface area contributed by atoms with Crippen molar-refractivity contribution in [1.82, 2.24) is 9.29 Å². The van der Waals surface area contributed by atoms with Crippen molar-refractivity contribution >= 4 is 38.3 Å². The molecule has 214 valence electrons. The lowest BCUT2D eigenvalue weighted by Gasteiger charge is -2.26. The Morgan fingerprint density at radius 2 is 1.85 bits per heavy atom. The van der Waals surface area contributed by atoms with E-state index in [1.807, 2.05) is 24.3 Å². The number of aromatic amines is 1. The second-order valence-electron chi connectivity index (χ2n) is 9.45. The molecule has 1 fully saturated rings. The number of hydrogen-bond acceptors (Lipinski definition) is 8. The van der Waals surface area contributed by atoms with Gasteiger partial charge in [-0.25, -0.2) is 17.6 Å². The molecule has 0 saturated carbocycles. The van der Waals surface area contributed by atoms with Gasteiger partial charge in [-0.2, -0.15) is 4.31 Å². The van der Waals surface area contributed by atoms with Gasteiger partial charge in [0.05, 0.1) is 23.0 Å². The first kappa shape index (κ1) is 28.2. The molecule has 11 nitrogen and oxygen atoms in total. The predicted molar refractivity (Wildman–Crippen MR) is 148 cm³/mol. The Morgan fingerprint density at radius 3 is 2.59 bits per heavy atom. The van der Waals surface area contributed by atoms with E-state index in [-0.39, 0.29) is 49.9 Å². The molecule has 2 N–H and O–H groups in total. The summed E-state index contributed by atoms with van der Waals surface area (Å²) in [5.41, 5.74) is 1.64. The monoisotopic (exact) mass is 582 g/mol. The van der Waals surface area contributed by atoms with Gasteiger partial charge in [0.1, 0.15) is 24.2 Å². The zero-order valence-corrected chi connectivity index (χ0v) is 22.6. The van der Waals surface area contributed by atoms with Crippen LogP contribution in [0.3, 0.4) is 0 Å². The first-order chi connectivity index (χ1) is 19.7. The molecule has 0 radical (unpaired) electrons. The molecule has 4 aromatic rings. The van der Waals surface area contributed by atoms with Crippen LogP contribution >= 0.6 is 0 Å². The molecule has 1 saturated heterocycles. The van der Waals surface area contributed by atoms with Crippen molar-refractivity contribution < 1.29 is 32.0 Å². The molecule has 0 unspecified atom stereocenters. The fourth-order valence-corrected chi connectivity index (χ4v) is 6.05. The zero-order valence-electron chi connectivity index (χ0n) is 21.8. The molecule has 1 aliphatic rings. The molecule has 0 aliphatic carbocycles. The van der Waals surface area contributed by atoms with E-state index in [2.05, 4.69) is 10.3 Å². The largest absolute Gasteiger partial charge is 0.459 e. The normalized spacial score (nSPS) is 15.0. The number of benzene rings is 3. The number of carbonyl (C=O) groups is 1. The number of ether oxygens (including phenoxy) is 2. The van der Waals surface area contributed by atoms with Crippen LogP contribution in [-0.2, 0) is 37.3 Å². The lowest BCUT2D eigenvalue weighted by Crippen LogP contribution is -2.40. The van der Waals surface area contributed by atoms with E-state index in [1.165, 1.54) is 40.7 Å². The van der Waals surface area contributed by atoms with Crippen LogP contribution in [0.5, 0.6) is 0 Å². The van der Waals surface area contributed by atoms with Gasteiger partial charge in [-0.3, -0.25) is 10.1 Å². The number of nitrogens with zero attached hydrogens (tertiary/aromatic N) is 2. The summed E-state index contributed by atoms with van der Waals surface area (Å²) in [5.74, 6) is -1.12. The Kier molecular flexibility index (Phi) is 8.28. The van der Waals surface area contributed by atoms with Crippen LogP contribution in [0.15, 0.2) is 77.8 Å². The maximum absolute atomic E-state index is 13.3. The number of anilines is 1. The van der Waals surface area contributed by atoms with Crippen molar-refractivity contribution in [2.45, 2.75) is 24.0 Å². The number of esters is 1. The number of morpholine rings is 1. The number of nitro groups is 1.